The molecule has 4 nitrogen and oxygen atoms in total. The molecule has 0 radical (unpaired) electrons. The van der Waals surface area contributed by atoms with Crippen molar-refractivity contribution in [2.75, 3.05) is 0 Å². The molecule has 5 heteroatoms. The van der Waals surface area contributed by atoms with E-state index in [1.807, 2.05) is 60.7 Å². The summed E-state index contributed by atoms with van der Waals surface area (Å²) in [5.41, 5.74) is 0.650. The molecular formula is C25H21NO3Si. The topological polar surface area (TPSA) is 52.4 Å². The van der Waals surface area contributed by atoms with Crippen molar-refractivity contribution in [2.24, 2.45) is 0 Å². The molecule has 0 aliphatic carbocycles. The van der Waals surface area contributed by atoms with E-state index in [9.17, 15) is 10.1 Å². The summed E-state index contributed by atoms with van der Waals surface area (Å²) < 4.78 is 6.80. The molecular weight excluding hydrogens is 390 g/mol. The smallest absolute Gasteiger partial charge is 0.288 e. The van der Waals surface area contributed by atoms with Gasteiger partial charge in [0.15, 0.2) is 0 Å². The van der Waals surface area contributed by atoms with E-state index in [4.69, 9.17) is 4.43 Å². The molecule has 0 saturated carbocycles. The third kappa shape index (κ3) is 3.81. The van der Waals surface area contributed by atoms with Crippen molar-refractivity contribution >= 4 is 29.6 Å². The van der Waals surface area contributed by atoms with Gasteiger partial charge in [-0.1, -0.05) is 103 Å². The van der Waals surface area contributed by atoms with Crippen molar-refractivity contribution in [2.45, 2.75) is 6.61 Å². The van der Waals surface area contributed by atoms with Crippen LogP contribution in [0.1, 0.15) is 5.56 Å². The van der Waals surface area contributed by atoms with Gasteiger partial charge in [0.2, 0.25) is 0 Å². The molecule has 0 bridgehead atoms. The number of nitro groups is 1. The average Bonchev–Trinajstić information content (AvgIpc) is 2.82. The van der Waals surface area contributed by atoms with Crippen molar-refractivity contribution in [3.05, 3.63) is 131 Å². The summed E-state index contributed by atoms with van der Waals surface area (Å²) in [6.45, 7) is 0.155. The van der Waals surface area contributed by atoms with Crippen LogP contribution in [-0.2, 0) is 11.0 Å². The predicted molar refractivity (Wildman–Crippen MR) is 122 cm³/mol. The van der Waals surface area contributed by atoms with Crippen LogP contribution in [0.25, 0.3) is 0 Å². The molecule has 148 valence electrons. The summed E-state index contributed by atoms with van der Waals surface area (Å²) in [5, 5.41) is 14.8. The fraction of sp³-hybridized carbons (Fsp3) is 0.0400. The lowest BCUT2D eigenvalue weighted by molar-refractivity contribution is -0.385. The van der Waals surface area contributed by atoms with E-state index in [2.05, 4.69) is 36.4 Å². The summed E-state index contributed by atoms with van der Waals surface area (Å²) in [6.07, 6.45) is 0. The predicted octanol–water partition coefficient (Wildman–Crippen LogP) is 3.78. The van der Waals surface area contributed by atoms with E-state index in [1.165, 1.54) is 6.07 Å². The van der Waals surface area contributed by atoms with Crippen LogP contribution in [0.2, 0.25) is 0 Å². The Kier molecular flexibility index (Phi) is 5.84. The summed E-state index contributed by atoms with van der Waals surface area (Å²) in [5.74, 6) is 0. The second kappa shape index (κ2) is 8.86. The maximum Gasteiger partial charge on any atom is 0.288 e. The van der Waals surface area contributed by atoms with Crippen LogP contribution in [-0.4, -0.2) is 13.2 Å². The van der Waals surface area contributed by atoms with Gasteiger partial charge in [0.25, 0.3) is 14.0 Å². The molecule has 0 aromatic heterocycles. The second-order valence-corrected chi connectivity index (χ2v) is 10.3. The van der Waals surface area contributed by atoms with Gasteiger partial charge in [0.1, 0.15) is 0 Å². The Morgan fingerprint density at radius 1 is 0.633 bits per heavy atom. The fourth-order valence-electron chi connectivity index (χ4n) is 3.77. The van der Waals surface area contributed by atoms with Gasteiger partial charge < -0.3 is 4.43 Å². The van der Waals surface area contributed by atoms with Crippen molar-refractivity contribution in [3.63, 3.8) is 0 Å². The lowest BCUT2D eigenvalue weighted by Crippen LogP contribution is -2.69. The maximum absolute atomic E-state index is 11.5. The lowest BCUT2D eigenvalue weighted by Gasteiger charge is -2.33. The van der Waals surface area contributed by atoms with Crippen molar-refractivity contribution < 1.29 is 9.35 Å². The van der Waals surface area contributed by atoms with E-state index in [1.54, 1.807) is 12.1 Å². The van der Waals surface area contributed by atoms with Crippen molar-refractivity contribution in [3.8, 4) is 0 Å². The zero-order valence-corrected chi connectivity index (χ0v) is 17.3. The minimum atomic E-state index is -2.89. The third-order valence-electron chi connectivity index (χ3n) is 5.17. The minimum Gasteiger partial charge on any atom is -0.399 e. The van der Waals surface area contributed by atoms with Crippen molar-refractivity contribution in [1.82, 2.24) is 0 Å². The lowest BCUT2D eigenvalue weighted by atomic mass is 10.2. The summed E-state index contributed by atoms with van der Waals surface area (Å²) >= 11 is 0. The number of hydrogen-bond donors (Lipinski definition) is 0. The number of rotatable bonds is 7. The molecule has 4 aromatic rings. The molecule has 0 aliphatic rings. The number of hydrogen-bond acceptors (Lipinski definition) is 3. The first-order chi connectivity index (χ1) is 14.7. The minimum absolute atomic E-state index is 0.0783. The molecule has 4 rings (SSSR count). The van der Waals surface area contributed by atoms with Crippen LogP contribution in [0, 0.1) is 10.1 Å². The van der Waals surface area contributed by atoms with Gasteiger partial charge in [-0.15, -0.1) is 0 Å². The first-order valence-corrected chi connectivity index (χ1v) is 11.7. The van der Waals surface area contributed by atoms with E-state index >= 15 is 0 Å². The summed E-state index contributed by atoms with van der Waals surface area (Å²) in [7, 11) is -2.89. The molecule has 4 aromatic carbocycles. The molecule has 0 spiro atoms. The normalized spacial score (nSPS) is 11.2. The highest BCUT2D eigenvalue weighted by atomic mass is 28.4. The van der Waals surface area contributed by atoms with Gasteiger partial charge in [0.05, 0.1) is 17.1 Å². The number of nitro benzene ring substituents is 1. The van der Waals surface area contributed by atoms with Crippen LogP contribution >= 0.6 is 0 Å². The van der Waals surface area contributed by atoms with E-state index < -0.39 is 8.32 Å². The quantitative estimate of drug-likeness (QED) is 0.201. The van der Waals surface area contributed by atoms with E-state index in [0.717, 1.165) is 15.6 Å². The van der Waals surface area contributed by atoms with Gasteiger partial charge in [-0.3, -0.25) is 10.1 Å². The maximum atomic E-state index is 11.5. The Balaban J connectivity index is 1.89. The molecule has 0 saturated heterocycles. The third-order valence-corrected chi connectivity index (χ3v) is 9.19. The van der Waals surface area contributed by atoms with Gasteiger partial charge in [-0.05, 0) is 21.6 Å². The molecule has 0 amide bonds. The Hall–Kier alpha value is -3.54. The van der Waals surface area contributed by atoms with Gasteiger partial charge >= 0.3 is 0 Å². The van der Waals surface area contributed by atoms with Crippen LogP contribution < -0.4 is 15.6 Å². The summed E-state index contributed by atoms with van der Waals surface area (Å²) in [4.78, 5) is 11.2. The van der Waals surface area contributed by atoms with Crippen LogP contribution in [0.5, 0.6) is 0 Å². The fourth-order valence-corrected chi connectivity index (χ4v) is 7.62. The number of nitrogens with zero attached hydrogens (tertiary/aromatic N) is 1. The van der Waals surface area contributed by atoms with Crippen molar-refractivity contribution in [1.29, 1.82) is 0 Å². The average molecular weight is 412 g/mol. The molecule has 0 atom stereocenters. The Morgan fingerprint density at radius 3 is 1.47 bits per heavy atom. The van der Waals surface area contributed by atoms with Gasteiger partial charge in [-0.25, -0.2) is 0 Å². The van der Waals surface area contributed by atoms with Gasteiger partial charge in [-0.2, -0.15) is 0 Å². The van der Waals surface area contributed by atoms with E-state index in [0.29, 0.717) is 5.56 Å². The van der Waals surface area contributed by atoms with Crippen LogP contribution in [0.4, 0.5) is 5.69 Å². The molecule has 0 N–H and O–H groups in total. The molecule has 0 fully saturated rings. The Bertz CT molecular complexity index is 1020. The first-order valence-electron chi connectivity index (χ1n) is 9.74. The second-order valence-electron chi connectivity index (χ2n) is 6.95. The molecule has 0 heterocycles. The monoisotopic (exact) mass is 411 g/mol. The highest BCUT2D eigenvalue weighted by molar-refractivity contribution is 7.07. The van der Waals surface area contributed by atoms with E-state index in [-0.39, 0.29) is 17.2 Å². The summed E-state index contributed by atoms with van der Waals surface area (Å²) in [6, 6.07) is 37.3. The highest BCUT2D eigenvalue weighted by Crippen LogP contribution is 2.21. The number of benzene rings is 4. The SMILES string of the molecule is O=[N+]([O-])c1ccccc1CO[Si](c1ccccc1)(c1ccccc1)c1ccccc1. The largest absolute Gasteiger partial charge is 0.399 e. The zero-order chi connectivity index (χ0) is 20.8. The molecule has 30 heavy (non-hydrogen) atoms. The molecule has 0 aliphatic heterocycles. The molecule has 0 unspecified atom stereocenters. The first kappa shape index (κ1) is 19.8. The highest BCUT2D eigenvalue weighted by Gasteiger charge is 2.42. The Morgan fingerprint density at radius 2 is 1.03 bits per heavy atom. The van der Waals surface area contributed by atoms with Crippen LogP contribution in [0.15, 0.2) is 115 Å². The Labute approximate surface area is 176 Å². The van der Waals surface area contributed by atoms with Gasteiger partial charge in [0, 0.05) is 6.07 Å². The van der Waals surface area contributed by atoms with Crippen LogP contribution in [0.3, 0.4) is 0 Å². The number of para-hydroxylation sites is 1. The zero-order valence-electron chi connectivity index (χ0n) is 16.3. The standard InChI is InChI=1S/C25H21NO3Si/c27-26(28)25-19-11-10-12-21(25)20-29-30(22-13-4-1-5-14-22,23-15-6-2-7-16-23)24-17-8-3-9-18-24/h1-19H,20H2.